The summed E-state index contributed by atoms with van der Waals surface area (Å²) in [4.78, 5) is 15.0. The summed E-state index contributed by atoms with van der Waals surface area (Å²) in [5.74, 6) is -0.836. The van der Waals surface area contributed by atoms with Crippen LogP contribution in [0.4, 0.5) is 0 Å². The molecule has 0 saturated heterocycles. The molecule has 3 nitrogen and oxygen atoms in total. The maximum Gasteiger partial charge on any atom is 0.303 e. The molecule has 94 valence electrons. The number of nitrogens with zero attached hydrogens (tertiary/aromatic N) is 1. The van der Waals surface area contributed by atoms with Gasteiger partial charge in [0.2, 0.25) is 0 Å². The van der Waals surface area contributed by atoms with Gasteiger partial charge in [-0.15, -0.1) is 0 Å². The molecule has 0 aliphatic heterocycles. The van der Waals surface area contributed by atoms with Crippen molar-refractivity contribution in [3.8, 4) is 0 Å². The Bertz CT molecular complexity index is 626. The van der Waals surface area contributed by atoms with E-state index in [1.807, 2.05) is 19.1 Å². The molecule has 2 aromatic rings. The van der Waals surface area contributed by atoms with Gasteiger partial charge >= 0.3 is 5.97 Å². The average Bonchev–Trinajstić information content (AvgIpc) is 2.28. The van der Waals surface area contributed by atoms with Crippen LogP contribution in [0.15, 0.2) is 18.2 Å². The maximum absolute atomic E-state index is 10.6. The minimum absolute atomic E-state index is 0.0587. The molecule has 0 unspecified atom stereocenters. The largest absolute Gasteiger partial charge is 0.481 e. The highest BCUT2D eigenvalue weighted by atomic mass is 35.5. The fraction of sp³-hybridized carbons (Fsp3) is 0.231. The topological polar surface area (TPSA) is 50.2 Å². The minimum atomic E-state index is -0.836. The number of pyridine rings is 1. The second kappa shape index (κ2) is 5.12. The van der Waals surface area contributed by atoms with Crippen LogP contribution in [0, 0.1) is 6.92 Å². The van der Waals surface area contributed by atoms with Crippen molar-refractivity contribution in [2.45, 2.75) is 19.8 Å². The van der Waals surface area contributed by atoms with Crippen LogP contribution in [0.2, 0.25) is 10.0 Å². The smallest absolute Gasteiger partial charge is 0.303 e. The van der Waals surface area contributed by atoms with E-state index in [9.17, 15) is 4.79 Å². The maximum atomic E-state index is 10.6. The fourth-order valence-electron chi connectivity index (χ4n) is 1.85. The summed E-state index contributed by atoms with van der Waals surface area (Å²) in [5, 5.41) is 10.6. The molecule has 0 saturated carbocycles. The van der Waals surface area contributed by atoms with Gasteiger partial charge in [0, 0.05) is 22.5 Å². The molecule has 0 spiro atoms. The normalized spacial score (nSPS) is 10.8. The number of carbonyl (C=O) groups is 1. The fourth-order valence-corrected chi connectivity index (χ4v) is 2.38. The first-order valence-electron chi connectivity index (χ1n) is 5.44. The Hall–Kier alpha value is -1.32. The Labute approximate surface area is 114 Å². The van der Waals surface area contributed by atoms with Crippen molar-refractivity contribution >= 4 is 40.1 Å². The van der Waals surface area contributed by atoms with E-state index in [0.29, 0.717) is 22.0 Å². The van der Waals surface area contributed by atoms with Gasteiger partial charge < -0.3 is 5.11 Å². The summed E-state index contributed by atoms with van der Waals surface area (Å²) in [6, 6.07) is 5.32. The van der Waals surface area contributed by atoms with Gasteiger partial charge in [0.25, 0.3) is 0 Å². The van der Waals surface area contributed by atoms with Crippen LogP contribution in [0.1, 0.15) is 17.7 Å². The van der Waals surface area contributed by atoms with Crippen molar-refractivity contribution in [2.24, 2.45) is 0 Å². The number of aromatic nitrogens is 1. The number of aryl methyl sites for hydroxylation is 2. The second-order valence-corrected chi connectivity index (χ2v) is 4.95. The van der Waals surface area contributed by atoms with Crippen molar-refractivity contribution in [1.82, 2.24) is 4.98 Å². The molecule has 0 atom stereocenters. The molecule has 0 radical (unpaired) electrons. The van der Waals surface area contributed by atoms with Gasteiger partial charge in [0.05, 0.1) is 17.0 Å². The van der Waals surface area contributed by atoms with E-state index in [0.717, 1.165) is 16.6 Å². The molecular weight excluding hydrogens is 273 g/mol. The van der Waals surface area contributed by atoms with E-state index in [2.05, 4.69) is 4.98 Å². The third-order valence-corrected chi connectivity index (χ3v) is 3.19. The number of carboxylic acid groups (broad SMARTS) is 1. The Kier molecular flexibility index (Phi) is 3.73. The van der Waals surface area contributed by atoms with E-state index in [1.54, 1.807) is 6.07 Å². The van der Waals surface area contributed by atoms with Crippen molar-refractivity contribution in [3.05, 3.63) is 39.5 Å². The van der Waals surface area contributed by atoms with E-state index in [-0.39, 0.29) is 6.42 Å². The molecule has 1 N–H and O–H groups in total. The summed E-state index contributed by atoms with van der Waals surface area (Å²) in [6.45, 7) is 1.93. The van der Waals surface area contributed by atoms with Crippen molar-refractivity contribution in [2.75, 3.05) is 0 Å². The van der Waals surface area contributed by atoms with Gasteiger partial charge in [0.15, 0.2) is 0 Å². The van der Waals surface area contributed by atoms with Gasteiger partial charge in [-0.3, -0.25) is 9.78 Å². The van der Waals surface area contributed by atoms with Crippen molar-refractivity contribution in [3.63, 3.8) is 0 Å². The minimum Gasteiger partial charge on any atom is -0.481 e. The zero-order chi connectivity index (χ0) is 13.3. The zero-order valence-electron chi connectivity index (χ0n) is 9.70. The summed E-state index contributed by atoms with van der Waals surface area (Å²) >= 11 is 12.1. The lowest BCUT2D eigenvalue weighted by atomic mass is 10.1. The molecule has 0 bridgehead atoms. The Morgan fingerprint density at radius 1 is 1.33 bits per heavy atom. The number of benzene rings is 1. The van der Waals surface area contributed by atoms with E-state index in [1.165, 1.54) is 0 Å². The van der Waals surface area contributed by atoms with Gasteiger partial charge in [-0.05, 0) is 30.7 Å². The number of carboxylic acids is 1. The lowest BCUT2D eigenvalue weighted by Gasteiger charge is -2.07. The van der Waals surface area contributed by atoms with Crippen LogP contribution in [-0.4, -0.2) is 16.1 Å². The molecule has 0 aliphatic carbocycles. The molecule has 2 rings (SSSR count). The first-order chi connectivity index (χ1) is 8.47. The van der Waals surface area contributed by atoms with Gasteiger partial charge in [0.1, 0.15) is 0 Å². The molecule has 1 aromatic heterocycles. The summed E-state index contributed by atoms with van der Waals surface area (Å²) in [7, 11) is 0. The van der Waals surface area contributed by atoms with E-state index >= 15 is 0 Å². The van der Waals surface area contributed by atoms with E-state index in [4.69, 9.17) is 28.3 Å². The number of aliphatic carboxylic acids is 1. The SMILES string of the molecule is Cc1cc(CCC(=O)O)nc2c(Cl)cc(Cl)cc12. The molecule has 0 fully saturated rings. The number of fused-ring (bicyclic) bond motifs is 1. The zero-order valence-corrected chi connectivity index (χ0v) is 11.2. The molecular formula is C13H11Cl2NO2. The van der Waals surface area contributed by atoms with Crippen LogP contribution in [0.3, 0.4) is 0 Å². The summed E-state index contributed by atoms with van der Waals surface area (Å²) in [6.07, 6.45) is 0.453. The van der Waals surface area contributed by atoms with Gasteiger partial charge in [-0.1, -0.05) is 23.2 Å². The average molecular weight is 284 g/mol. The van der Waals surface area contributed by atoms with Crippen LogP contribution in [-0.2, 0) is 11.2 Å². The lowest BCUT2D eigenvalue weighted by Crippen LogP contribution is -2.00. The monoisotopic (exact) mass is 283 g/mol. The second-order valence-electron chi connectivity index (χ2n) is 4.11. The number of rotatable bonds is 3. The number of halogens is 2. The first kappa shape index (κ1) is 13.1. The highest BCUT2D eigenvalue weighted by Crippen LogP contribution is 2.29. The lowest BCUT2D eigenvalue weighted by molar-refractivity contribution is -0.136. The summed E-state index contributed by atoms with van der Waals surface area (Å²) in [5.41, 5.74) is 2.39. The van der Waals surface area contributed by atoms with Crippen LogP contribution in [0.5, 0.6) is 0 Å². The Balaban J connectivity index is 2.51. The van der Waals surface area contributed by atoms with E-state index < -0.39 is 5.97 Å². The highest BCUT2D eigenvalue weighted by Gasteiger charge is 2.09. The third kappa shape index (κ3) is 2.74. The summed E-state index contributed by atoms with van der Waals surface area (Å²) < 4.78 is 0. The standard InChI is InChI=1S/C13H11Cl2NO2/c1-7-4-9(2-3-12(17)18)16-13-10(7)5-8(14)6-11(13)15/h4-6H,2-3H2,1H3,(H,17,18). The molecule has 1 aromatic carbocycles. The molecule has 18 heavy (non-hydrogen) atoms. The predicted molar refractivity (Wildman–Crippen MR) is 72.5 cm³/mol. The van der Waals surface area contributed by atoms with Crippen molar-refractivity contribution < 1.29 is 9.90 Å². The highest BCUT2D eigenvalue weighted by molar-refractivity contribution is 6.38. The van der Waals surface area contributed by atoms with Gasteiger partial charge in [-0.25, -0.2) is 0 Å². The molecule has 0 amide bonds. The Morgan fingerprint density at radius 3 is 2.72 bits per heavy atom. The Morgan fingerprint density at radius 2 is 2.06 bits per heavy atom. The first-order valence-corrected chi connectivity index (χ1v) is 6.20. The number of hydrogen-bond acceptors (Lipinski definition) is 2. The molecule has 5 heteroatoms. The quantitative estimate of drug-likeness (QED) is 0.930. The van der Waals surface area contributed by atoms with Crippen LogP contribution >= 0.6 is 23.2 Å². The van der Waals surface area contributed by atoms with Crippen molar-refractivity contribution in [1.29, 1.82) is 0 Å². The molecule has 0 aliphatic rings. The number of hydrogen-bond donors (Lipinski definition) is 1. The predicted octanol–water partition coefficient (Wildman–Crippen LogP) is 3.87. The molecule has 1 heterocycles. The van der Waals surface area contributed by atoms with Gasteiger partial charge in [-0.2, -0.15) is 0 Å². The third-order valence-electron chi connectivity index (χ3n) is 2.69. The van der Waals surface area contributed by atoms with Crippen LogP contribution < -0.4 is 0 Å². The van der Waals surface area contributed by atoms with Crippen LogP contribution in [0.25, 0.3) is 10.9 Å².